The molecule has 3 heteroatoms. The predicted molar refractivity (Wildman–Crippen MR) is 76.8 cm³/mol. The molecule has 0 aliphatic heterocycles. The van der Waals surface area contributed by atoms with E-state index >= 15 is 0 Å². The minimum atomic E-state index is 0.268. The lowest BCUT2D eigenvalue weighted by molar-refractivity contribution is 0.289. The van der Waals surface area contributed by atoms with Gasteiger partial charge in [-0.3, -0.25) is 0 Å². The van der Waals surface area contributed by atoms with Gasteiger partial charge in [-0.2, -0.15) is 0 Å². The van der Waals surface area contributed by atoms with Crippen LogP contribution in [0.1, 0.15) is 31.7 Å². The first-order valence-electron chi connectivity index (χ1n) is 6.73. The molecule has 18 heavy (non-hydrogen) atoms. The highest BCUT2D eigenvalue weighted by Gasteiger charge is 2.09. The van der Waals surface area contributed by atoms with Crippen LogP contribution in [0.25, 0.3) is 0 Å². The average molecular weight is 250 g/mol. The van der Waals surface area contributed by atoms with Gasteiger partial charge in [-0.15, -0.1) is 0 Å². The van der Waals surface area contributed by atoms with E-state index in [-0.39, 0.29) is 6.04 Å². The van der Waals surface area contributed by atoms with Crippen LogP contribution in [-0.4, -0.2) is 31.6 Å². The average Bonchev–Trinajstić information content (AvgIpc) is 2.36. The van der Waals surface area contributed by atoms with Crippen molar-refractivity contribution < 1.29 is 4.74 Å². The summed E-state index contributed by atoms with van der Waals surface area (Å²) < 4.78 is 5.36. The van der Waals surface area contributed by atoms with Crippen LogP contribution in [0.15, 0.2) is 24.3 Å². The number of hydrogen-bond donors (Lipinski definition) is 1. The van der Waals surface area contributed by atoms with Crippen molar-refractivity contribution in [2.45, 2.75) is 38.8 Å². The number of likely N-dealkylation sites (N-methyl/N-ethyl adjacent to an activating group) is 1. The van der Waals surface area contributed by atoms with Gasteiger partial charge in [-0.25, -0.2) is 0 Å². The van der Waals surface area contributed by atoms with Crippen LogP contribution in [0.5, 0.6) is 5.75 Å². The summed E-state index contributed by atoms with van der Waals surface area (Å²) in [5, 5.41) is 0. The van der Waals surface area contributed by atoms with Crippen molar-refractivity contribution in [3.05, 3.63) is 29.8 Å². The smallest absolute Gasteiger partial charge is 0.123 e. The molecule has 0 radical (unpaired) electrons. The Hall–Kier alpha value is -1.06. The molecule has 1 aromatic carbocycles. The van der Waals surface area contributed by atoms with Crippen molar-refractivity contribution in [1.29, 1.82) is 0 Å². The molecule has 2 N–H and O–H groups in total. The number of nitrogens with zero attached hydrogens (tertiary/aromatic N) is 1. The first kappa shape index (κ1) is 15.0. The van der Waals surface area contributed by atoms with Crippen molar-refractivity contribution in [1.82, 2.24) is 4.90 Å². The molecule has 1 unspecified atom stereocenters. The SMILES string of the molecule is CCCCC(N)CN(C)Cc1ccccc1OC. The molecule has 0 aliphatic rings. The number of unbranched alkanes of at least 4 members (excludes halogenated alkanes) is 1. The Kier molecular flexibility index (Phi) is 6.76. The molecule has 0 bridgehead atoms. The summed E-state index contributed by atoms with van der Waals surface area (Å²) >= 11 is 0. The zero-order valence-electron chi connectivity index (χ0n) is 11.9. The molecule has 1 rings (SSSR count). The monoisotopic (exact) mass is 250 g/mol. The summed E-state index contributed by atoms with van der Waals surface area (Å²) in [5.74, 6) is 0.950. The third kappa shape index (κ3) is 5.07. The van der Waals surface area contributed by atoms with Gasteiger partial charge in [0, 0.05) is 24.7 Å². The molecular weight excluding hydrogens is 224 g/mol. The van der Waals surface area contributed by atoms with Crippen LogP contribution in [-0.2, 0) is 6.54 Å². The van der Waals surface area contributed by atoms with E-state index in [1.54, 1.807) is 7.11 Å². The van der Waals surface area contributed by atoms with E-state index in [9.17, 15) is 0 Å². The normalized spacial score (nSPS) is 12.7. The fraction of sp³-hybridized carbons (Fsp3) is 0.600. The van der Waals surface area contributed by atoms with Gasteiger partial charge in [0.25, 0.3) is 0 Å². The second kappa shape index (κ2) is 8.11. The van der Waals surface area contributed by atoms with Gasteiger partial charge in [-0.05, 0) is 19.5 Å². The molecule has 1 atom stereocenters. The number of methoxy groups -OCH3 is 1. The Labute approximate surface area is 111 Å². The Morgan fingerprint density at radius 3 is 2.72 bits per heavy atom. The minimum absolute atomic E-state index is 0.268. The molecule has 0 fully saturated rings. The predicted octanol–water partition coefficient (Wildman–Crippen LogP) is 2.64. The third-order valence-electron chi connectivity index (χ3n) is 3.11. The van der Waals surface area contributed by atoms with Crippen LogP contribution in [0.3, 0.4) is 0 Å². The van der Waals surface area contributed by atoms with E-state index in [1.807, 2.05) is 18.2 Å². The quantitative estimate of drug-likeness (QED) is 0.771. The van der Waals surface area contributed by atoms with E-state index in [0.29, 0.717) is 0 Å². The summed E-state index contributed by atoms with van der Waals surface area (Å²) in [6, 6.07) is 8.41. The molecule has 3 nitrogen and oxygen atoms in total. The molecule has 0 saturated heterocycles. The van der Waals surface area contributed by atoms with Gasteiger partial charge in [-0.1, -0.05) is 38.0 Å². The summed E-state index contributed by atoms with van der Waals surface area (Å²) in [6.45, 7) is 4.01. The summed E-state index contributed by atoms with van der Waals surface area (Å²) in [5.41, 5.74) is 7.33. The van der Waals surface area contributed by atoms with Gasteiger partial charge < -0.3 is 15.4 Å². The van der Waals surface area contributed by atoms with Gasteiger partial charge >= 0.3 is 0 Å². The molecule has 0 aromatic heterocycles. The lowest BCUT2D eigenvalue weighted by atomic mass is 10.1. The topological polar surface area (TPSA) is 38.5 Å². The molecular formula is C15H26N2O. The van der Waals surface area contributed by atoms with E-state index < -0.39 is 0 Å². The van der Waals surface area contributed by atoms with Gasteiger partial charge in [0.2, 0.25) is 0 Å². The molecule has 0 aliphatic carbocycles. The maximum absolute atomic E-state index is 6.11. The number of rotatable bonds is 8. The van der Waals surface area contributed by atoms with Crippen molar-refractivity contribution in [3.63, 3.8) is 0 Å². The molecule has 0 saturated carbocycles. The van der Waals surface area contributed by atoms with Crippen molar-refractivity contribution in [2.75, 3.05) is 20.7 Å². The van der Waals surface area contributed by atoms with Crippen molar-refractivity contribution in [2.24, 2.45) is 5.73 Å². The second-order valence-corrected chi connectivity index (χ2v) is 4.91. The van der Waals surface area contributed by atoms with Crippen LogP contribution in [0, 0.1) is 0 Å². The van der Waals surface area contributed by atoms with Crippen LogP contribution in [0.2, 0.25) is 0 Å². The second-order valence-electron chi connectivity index (χ2n) is 4.91. The Morgan fingerprint density at radius 2 is 2.06 bits per heavy atom. The largest absolute Gasteiger partial charge is 0.496 e. The summed E-state index contributed by atoms with van der Waals surface area (Å²) in [7, 11) is 3.82. The lowest BCUT2D eigenvalue weighted by Crippen LogP contribution is -2.34. The molecule has 102 valence electrons. The van der Waals surface area contributed by atoms with Crippen molar-refractivity contribution in [3.8, 4) is 5.75 Å². The maximum Gasteiger partial charge on any atom is 0.123 e. The fourth-order valence-corrected chi connectivity index (χ4v) is 2.15. The highest BCUT2D eigenvalue weighted by atomic mass is 16.5. The number of para-hydroxylation sites is 1. The number of ether oxygens (including phenoxy) is 1. The van der Waals surface area contributed by atoms with Gasteiger partial charge in [0.1, 0.15) is 5.75 Å². The van der Waals surface area contributed by atoms with Crippen LogP contribution >= 0.6 is 0 Å². The maximum atomic E-state index is 6.11. The zero-order valence-corrected chi connectivity index (χ0v) is 11.9. The molecule has 0 heterocycles. The van der Waals surface area contributed by atoms with Gasteiger partial charge in [0.05, 0.1) is 7.11 Å². The molecule has 1 aromatic rings. The van der Waals surface area contributed by atoms with Crippen LogP contribution < -0.4 is 10.5 Å². The minimum Gasteiger partial charge on any atom is -0.496 e. The van der Waals surface area contributed by atoms with E-state index in [2.05, 4.69) is 24.9 Å². The zero-order chi connectivity index (χ0) is 13.4. The van der Waals surface area contributed by atoms with Crippen LogP contribution in [0.4, 0.5) is 0 Å². The summed E-state index contributed by atoms with van der Waals surface area (Å²) in [6.07, 6.45) is 3.53. The Morgan fingerprint density at radius 1 is 1.33 bits per heavy atom. The number of nitrogens with two attached hydrogens (primary N) is 1. The number of hydrogen-bond acceptors (Lipinski definition) is 3. The Bertz CT molecular complexity index is 341. The first-order valence-corrected chi connectivity index (χ1v) is 6.73. The molecule has 0 amide bonds. The highest BCUT2D eigenvalue weighted by molar-refractivity contribution is 5.32. The third-order valence-corrected chi connectivity index (χ3v) is 3.11. The van der Waals surface area contributed by atoms with E-state index in [1.165, 1.54) is 18.4 Å². The van der Waals surface area contributed by atoms with E-state index in [4.69, 9.17) is 10.5 Å². The molecule has 0 spiro atoms. The standard InChI is InChI=1S/C15H26N2O/c1-4-5-9-14(16)12-17(2)11-13-8-6-7-10-15(13)18-3/h6-8,10,14H,4-5,9,11-12,16H2,1-3H3. The van der Waals surface area contributed by atoms with Crippen molar-refractivity contribution >= 4 is 0 Å². The van der Waals surface area contributed by atoms with E-state index in [0.717, 1.165) is 25.3 Å². The Balaban J connectivity index is 2.46. The lowest BCUT2D eigenvalue weighted by Gasteiger charge is -2.22. The summed E-state index contributed by atoms with van der Waals surface area (Å²) in [4.78, 5) is 2.26. The first-order chi connectivity index (χ1) is 8.67. The van der Waals surface area contributed by atoms with Gasteiger partial charge in [0.15, 0.2) is 0 Å². The fourth-order valence-electron chi connectivity index (χ4n) is 2.15. The highest BCUT2D eigenvalue weighted by Crippen LogP contribution is 2.18. The number of benzene rings is 1.